The smallest absolute Gasteiger partial charge is 0.173 e. The lowest BCUT2D eigenvalue weighted by atomic mass is 9.91. The molecule has 0 radical (unpaired) electrons. The van der Waals surface area contributed by atoms with E-state index in [4.69, 9.17) is 9.57 Å². The Morgan fingerprint density at radius 3 is 2.69 bits per heavy atom. The number of imidazole rings is 1. The Morgan fingerprint density at radius 1 is 1.14 bits per heavy atom. The van der Waals surface area contributed by atoms with Crippen molar-refractivity contribution in [3.05, 3.63) is 83.2 Å². The minimum atomic E-state index is -0.232. The van der Waals surface area contributed by atoms with E-state index in [0.717, 1.165) is 53.5 Å². The predicted molar refractivity (Wildman–Crippen MR) is 133 cm³/mol. The molecule has 3 heterocycles. The Balaban J connectivity index is 1.32. The lowest BCUT2D eigenvalue weighted by Gasteiger charge is -2.44. The average molecular weight is 473 g/mol. The van der Waals surface area contributed by atoms with Gasteiger partial charge in [0, 0.05) is 12.7 Å². The van der Waals surface area contributed by atoms with Crippen LogP contribution in [0.4, 0.5) is 4.39 Å². The molecule has 2 fully saturated rings. The molecule has 2 atom stereocenters. The first kappa shape index (κ1) is 21.9. The number of methoxy groups -OCH3 is 1. The van der Waals surface area contributed by atoms with Gasteiger partial charge in [0.1, 0.15) is 11.6 Å². The van der Waals surface area contributed by atoms with Gasteiger partial charge in [0.2, 0.25) is 0 Å². The van der Waals surface area contributed by atoms with E-state index in [0.29, 0.717) is 5.92 Å². The highest BCUT2D eigenvalue weighted by Gasteiger charge is 2.47. The summed E-state index contributed by atoms with van der Waals surface area (Å²) in [6.45, 7) is 2.93. The van der Waals surface area contributed by atoms with E-state index in [1.165, 1.54) is 30.5 Å². The Hall–Kier alpha value is -3.61. The van der Waals surface area contributed by atoms with E-state index in [1.54, 1.807) is 13.4 Å². The van der Waals surface area contributed by atoms with Gasteiger partial charge in [-0.2, -0.15) is 0 Å². The second kappa shape index (κ2) is 8.87. The molecular weight excluding hydrogens is 443 g/mol. The fraction of sp³-hybridized carbons (Fsp3) is 0.357. The van der Waals surface area contributed by atoms with Crippen molar-refractivity contribution in [2.45, 2.75) is 44.8 Å². The summed E-state index contributed by atoms with van der Waals surface area (Å²) in [5, 5.41) is 4.62. The van der Waals surface area contributed by atoms with Gasteiger partial charge >= 0.3 is 0 Å². The molecule has 3 aliphatic rings. The minimum Gasteiger partial charge on any atom is -0.495 e. The second-order valence-electron chi connectivity index (χ2n) is 9.64. The van der Waals surface area contributed by atoms with Gasteiger partial charge in [0.25, 0.3) is 0 Å². The van der Waals surface area contributed by atoms with Crippen LogP contribution in [0.25, 0.3) is 11.8 Å². The molecule has 180 valence electrons. The van der Waals surface area contributed by atoms with Crippen LogP contribution in [0, 0.1) is 18.7 Å². The number of aromatic nitrogens is 2. The minimum absolute atomic E-state index is 0.177. The lowest BCUT2D eigenvalue weighted by Crippen LogP contribution is -2.51. The quantitative estimate of drug-likeness (QED) is 0.480. The predicted octanol–water partition coefficient (Wildman–Crippen LogP) is 5.67. The van der Waals surface area contributed by atoms with Gasteiger partial charge in [0.15, 0.2) is 11.9 Å². The highest BCUT2D eigenvalue weighted by atomic mass is 19.1. The highest BCUT2D eigenvalue weighted by Crippen LogP contribution is 2.46. The van der Waals surface area contributed by atoms with E-state index < -0.39 is 0 Å². The molecule has 2 aromatic carbocycles. The SMILES string of the molecule is COc1cc(C=C2CCCN3C2=NO[C@H](c2ccc(F)cc2)[C@@H]3C2CC2)ccc1-n1cnc(C)c1. The zero-order chi connectivity index (χ0) is 23.9. The molecule has 7 heteroatoms. The molecule has 3 aromatic rings. The van der Waals surface area contributed by atoms with Gasteiger partial charge < -0.3 is 19.0 Å². The van der Waals surface area contributed by atoms with Gasteiger partial charge in [-0.3, -0.25) is 0 Å². The van der Waals surface area contributed by atoms with Gasteiger partial charge in [-0.05, 0) is 85.6 Å². The maximum absolute atomic E-state index is 13.5. The molecule has 1 saturated carbocycles. The van der Waals surface area contributed by atoms with Crippen molar-refractivity contribution in [1.82, 2.24) is 14.5 Å². The third-order valence-corrected chi connectivity index (χ3v) is 7.17. The summed E-state index contributed by atoms with van der Waals surface area (Å²) in [6, 6.07) is 13.1. The molecule has 1 saturated heterocycles. The van der Waals surface area contributed by atoms with Crippen LogP contribution in [0.15, 0.2) is 65.7 Å². The van der Waals surface area contributed by atoms with Crippen LogP contribution >= 0.6 is 0 Å². The first-order valence-corrected chi connectivity index (χ1v) is 12.3. The number of benzene rings is 2. The Labute approximate surface area is 204 Å². The zero-order valence-electron chi connectivity index (χ0n) is 20.0. The number of hydrogen-bond donors (Lipinski definition) is 0. The van der Waals surface area contributed by atoms with Crippen molar-refractivity contribution in [1.29, 1.82) is 0 Å². The summed E-state index contributed by atoms with van der Waals surface area (Å²) >= 11 is 0. The molecule has 0 N–H and O–H groups in total. The van der Waals surface area contributed by atoms with Crippen LogP contribution in [-0.4, -0.2) is 40.0 Å². The average Bonchev–Trinajstić information content (AvgIpc) is 3.63. The van der Waals surface area contributed by atoms with E-state index in [-0.39, 0.29) is 18.0 Å². The van der Waals surface area contributed by atoms with E-state index >= 15 is 0 Å². The molecule has 35 heavy (non-hydrogen) atoms. The van der Waals surface area contributed by atoms with Crippen molar-refractivity contribution in [2.24, 2.45) is 11.1 Å². The lowest BCUT2D eigenvalue weighted by molar-refractivity contribution is -0.0293. The number of nitrogens with zero attached hydrogens (tertiary/aromatic N) is 4. The van der Waals surface area contributed by atoms with Gasteiger partial charge in [-0.15, -0.1) is 0 Å². The standard InChI is InChI=1S/C28H29FN4O2/c1-18-16-32(17-30-18)24-12-5-19(15-25(24)34-2)14-22-4-3-13-33-26(20-6-7-20)27(35-31-28(22)33)21-8-10-23(29)11-9-21/h5,8-12,14-17,20,26-27H,3-4,6-7,13H2,1-2H3/t26-,27+/m0/s1. The molecule has 0 unspecified atom stereocenters. The number of amidine groups is 1. The number of halogens is 1. The number of oxime groups is 1. The Kier molecular flexibility index (Phi) is 5.55. The third kappa shape index (κ3) is 4.20. The summed E-state index contributed by atoms with van der Waals surface area (Å²) in [5.74, 6) is 2.07. The van der Waals surface area contributed by atoms with E-state index in [2.05, 4.69) is 39.3 Å². The van der Waals surface area contributed by atoms with Crippen LogP contribution in [0.5, 0.6) is 5.75 Å². The zero-order valence-corrected chi connectivity index (χ0v) is 20.0. The molecule has 6 rings (SSSR count). The monoisotopic (exact) mass is 472 g/mol. The number of aryl methyl sites for hydroxylation is 1. The van der Waals surface area contributed by atoms with Crippen molar-refractivity contribution in [2.75, 3.05) is 13.7 Å². The van der Waals surface area contributed by atoms with E-state index in [1.807, 2.05) is 29.8 Å². The molecule has 0 spiro atoms. The second-order valence-corrected chi connectivity index (χ2v) is 9.64. The molecule has 1 aliphatic carbocycles. The molecule has 0 bridgehead atoms. The molecule has 1 aromatic heterocycles. The first-order valence-electron chi connectivity index (χ1n) is 12.3. The van der Waals surface area contributed by atoms with Gasteiger partial charge in [-0.25, -0.2) is 9.37 Å². The number of fused-ring (bicyclic) bond motifs is 1. The van der Waals surface area contributed by atoms with Gasteiger partial charge in [0.05, 0.1) is 30.9 Å². The topological polar surface area (TPSA) is 51.9 Å². The Bertz CT molecular complexity index is 1290. The van der Waals surface area contributed by atoms with E-state index in [9.17, 15) is 4.39 Å². The maximum atomic E-state index is 13.5. The van der Waals surface area contributed by atoms with Crippen LogP contribution in [0.2, 0.25) is 0 Å². The largest absolute Gasteiger partial charge is 0.495 e. The number of hydrogen-bond acceptors (Lipinski definition) is 5. The summed E-state index contributed by atoms with van der Waals surface area (Å²) in [6.07, 6.45) is 10.2. The first-order chi connectivity index (χ1) is 17.1. The van der Waals surface area contributed by atoms with Crippen LogP contribution < -0.4 is 4.74 Å². The highest BCUT2D eigenvalue weighted by molar-refractivity contribution is 6.03. The summed E-state index contributed by atoms with van der Waals surface area (Å²) in [5.41, 5.74) is 5.13. The van der Waals surface area contributed by atoms with Crippen molar-refractivity contribution >= 4 is 11.9 Å². The van der Waals surface area contributed by atoms with Crippen LogP contribution in [0.3, 0.4) is 0 Å². The van der Waals surface area contributed by atoms with Crippen molar-refractivity contribution < 1.29 is 14.0 Å². The van der Waals surface area contributed by atoms with Crippen molar-refractivity contribution in [3.63, 3.8) is 0 Å². The van der Waals surface area contributed by atoms with Crippen LogP contribution in [0.1, 0.15) is 48.6 Å². The number of rotatable bonds is 5. The summed E-state index contributed by atoms with van der Waals surface area (Å²) in [7, 11) is 1.69. The van der Waals surface area contributed by atoms with Crippen molar-refractivity contribution in [3.8, 4) is 11.4 Å². The third-order valence-electron chi connectivity index (χ3n) is 7.17. The molecular formula is C28H29FN4O2. The number of piperidine rings is 1. The fourth-order valence-electron chi connectivity index (χ4n) is 5.31. The summed E-state index contributed by atoms with van der Waals surface area (Å²) < 4.78 is 21.2. The summed E-state index contributed by atoms with van der Waals surface area (Å²) in [4.78, 5) is 12.9. The maximum Gasteiger partial charge on any atom is 0.173 e. The molecule has 2 aliphatic heterocycles. The van der Waals surface area contributed by atoms with Crippen LogP contribution in [-0.2, 0) is 4.84 Å². The normalized spacial score (nSPS) is 23.0. The van der Waals surface area contributed by atoms with Gasteiger partial charge in [-0.1, -0.05) is 23.4 Å². The number of ether oxygens (including phenoxy) is 1. The Morgan fingerprint density at radius 2 is 1.97 bits per heavy atom. The fourth-order valence-corrected chi connectivity index (χ4v) is 5.31. The molecule has 6 nitrogen and oxygen atoms in total. The molecule has 0 amide bonds.